The van der Waals surface area contributed by atoms with E-state index in [9.17, 15) is 0 Å². The molecule has 0 aliphatic carbocycles. The van der Waals surface area contributed by atoms with Crippen LogP contribution in [-0.4, -0.2) is 18.5 Å². The fourth-order valence-electron chi connectivity index (χ4n) is 11.5. The van der Waals surface area contributed by atoms with Gasteiger partial charge in [-0.05, 0) is 29.0 Å². The second kappa shape index (κ2) is 18.9. The first-order chi connectivity index (χ1) is 38.2. The van der Waals surface area contributed by atoms with Crippen molar-refractivity contribution in [3.63, 3.8) is 0 Å². The van der Waals surface area contributed by atoms with E-state index >= 15 is 0 Å². The van der Waals surface area contributed by atoms with Gasteiger partial charge in [0.2, 0.25) is 0 Å². The molecule has 6 nitrogen and oxygen atoms in total. The van der Waals surface area contributed by atoms with Crippen LogP contribution in [0.4, 0.5) is 0 Å². The molecule has 4 aromatic heterocycles. The molecule has 4 heterocycles. The summed E-state index contributed by atoms with van der Waals surface area (Å²) in [5.41, 5.74) is 19.0. The second-order valence-corrected chi connectivity index (χ2v) is 22.1. The topological polar surface area (TPSA) is 49.5 Å². The average Bonchev–Trinajstić information content (AvgIpc) is 4.17. The van der Waals surface area contributed by atoms with E-state index in [0.29, 0.717) is 17.1 Å². The number of hydrogen-bond acceptors (Lipinski definition) is 3. The molecule has 0 saturated heterocycles. The van der Waals surface area contributed by atoms with E-state index in [1.807, 2.05) is 12.3 Å². The van der Waals surface area contributed by atoms with Gasteiger partial charge in [-0.2, -0.15) is 0 Å². The first-order valence-electron chi connectivity index (χ1n) is 26.4. The van der Waals surface area contributed by atoms with Crippen LogP contribution in [-0.2, 0) is 24.8 Å². The van der Waals surface area contributed by atoms with Crippen LogP contribution < -0.4 is 4.74 Å². The van der Waals surface area contributed by atoms with Gasteiger partial charge in [-0.1, -0.05) is 57.2 Å². The number of rotatable bonds is 8. The van der Waals surface area contributed by atoms with E-state index in [2.05, 4.69) is 291 Å². The molecule has 0 aliphatic rings. The normalized spacial score (nSPS) is 11.9. The van der Waals surface area contributed by atoms with Gasteiger partial charge in [-0.25, -0.2) is 0 Å². The van der Waals surface area contributed by atoms with Crippen molar-refractivity contribution in [2.24, 2.45) is 0 Å². The number of pyridine rings is 1. The predicted octanol–water partition coefficient (Wildman–Crippen LogP) is 19.0. The molecule has 0 fully saturated rings. The molecule has 0 radical (unpaired) electrons. The zero-order valence-electron chi connectivity index (χ0n) is 43.5. The molecule has 78 heavy (non-hydrogen) atoms. The summed E-state index contributed by atoms with van der Waals surface area (Å²) in [4.78, 5) is 5.17. The van der Waals surface area contributed by atoms with Gasteiger partial charge < -0.3 is 0 Å². The second-order valence-electron chi connectivity index (χ2n) is 21.1. The Morgan fingerprint density at radius 2 is 0.987 bits per heavy atom. The first kappa shape index (κ1) is 47.4. The summed E-state index contributed by atoms with van der Waals surface area (Å²) in [5, 5.41) is 4.33. The molecule has 0 N–H and O–H groups in total. The summed E-state index contributed by atoms with van der Waals surface area (Å²) in [6.45, 7) is 8.92. The fraction of sp³-hybridized carbons (Fsp3) is 0.0704. The number of aromatic nitrogens is 4. The molecule has 0 spiro atoms. The summed E-state index contributed by atoms with van der Waals surface area (Å²) in [6.07, 6.45) is 2.02. The molecule has 0 amide bonds. The van der Waals surface area contributed by atoms with Gasteiger partial charge >= 0.3 is 368 Å². The van der Waals surface area contributed by atoms with Crippen molar-refractivity contribution in [1.29, 1.82) is 0 Å². The van der Waals surface area contributed by atoms with Crippen molar-refractivity contribution in [3.05, 3.63) is 258 Å². The number of ether oxygens (including phenoxy) is 1. The van der Waals surface area contributed by atoms with Crippen LogP contribution >= 0.6 is 0 Å². The Labute approximate surface area is 462 Å². The van der Waals surface area contributed by atoms with Gasteiger partial charge in [-0.3, -0.25) is 0 Å². The molecule has 7 heteroatoms. The standard InChI is InChI=1S/C71H52N4O2.Pt/c1-46-41-67(72-44-61(46)50-33-35-51(36-34-50)71(2,3)4)75-62-31-15-14-25-57(62)58-39-37-52(42-64(58)75)76-53-38-40-66-65(43-53)74-45-73(68-54(47-19-8-5-9-20-47)26-16-27-55(68)48-21-10-6-11-22-48)63-32-18-29-59(69(63)74)60-30-17-28-56(70(60)77-66)49-23-12-7-13-24-49;/h5-44H,1-4H3;. The van der Waals surface area contributed by atoms with E-state index in [1.54, 1.807) is 0 Å². The van der Waals surface area contributed by atoms with Gasteiger partial charge in [0.1, 0.15) is 0 Å². The SMILES string of the molecule is Cc1cc(-n2c3ccccc3c3ccc(Oc4ccc5oc6c(-c7ccccc7)cccc6c6cccc7c6n([c](=[Pt])n7-c6c(-c7ccccc7)cccc6-c6ccccc6)c5c4)cc32)ncc1-c1ccc(C(C)(C)C)cc1. The van der Waals surface area contributed by atoms with Crippen LogP contribution in [0, 0.1) is 10.7 Å². The van der Waals surface area contributed by atoms with Crippen molar-refractivity contribution < 1.29 is 28.5 Å². The zero-order valence-corrected chi connectivity index (χ0v) is 45.8. The Morgan fingerprint density at radius 1 is 0.449 bits per heavy atom. The molecule has 10 aromatic carbocycles. The maximum atomic E-state index is 7.34. The molecule has 0 saturated carbocycles. The number of benzene rings is 10. The third-order valence-corrected chi connectivity index (χ3v) is 16.3. The average molecular weight is 1190 g/mol. The molecule has 378 valence electrons. The third-order valence-electron chi connectivity index (χ3n) is 15.3. The summed E-state index contributed by atoms with van der Waals surface area (Å²) in [5.74, 6) is 2.22. The maximum absolute atomic E-state index is 7.34. The molecule has 14 rings (SSSR count). The molecule has 0 aliphatic heterocycles. The molecular formula is C71H52N4O2Pt. The molecule has 0 atom stereocenters. The van der Waals surface area contributed by atoms with Crippen molar-refractivity contribution in [1.82, 2.24) is 18.5 Å². The molecule has 0 bridgehead atoms. The van der Waals surface area contributed by atoms with Crippen molar-refractivity contribution in [2.75, 3.05) is 0 Å². The number of hydrogen-bond donors (Lipinski definition) is 0. The van der Waals surface area contributed by atoms with Gasteiger partial charge in [0.15, 0.2) is 0 Å². The van der Waals surface area contributed by atoms with Crippen molar-refractivity contribution in [2.45, 2.75) is 33.1 Å². The van der Waals surface area contributed by atoms with Gasteiger partial charge in [-0.15, -0.1) is 0 Å². The number of aryl methyl sites for hydroxylation is 1. The smallest absolute Gasteiger partial charge is 0.0579 e. The van der Waals surface area contributed by atoms with Crippen molar-refractivity contribution >= 4 is 60.3 Å². The number of para-hydroxylation sites is 4. The Hall–Kier alpha value is -9.09. The summed E-state index contributed by atoms with van der Waals surface area (Å²) in [7, 11) is 0. The van der Waals surface area contributed by atoms with Crippen LogP contribution in [0.1, 0.15) is 31.9 Å². The fourth-order valence-corrected chi connectivity index (χ4v) is 12.5. The summed E-state index contributed by atoms with van der Waals surface area (Å²) >= 11 is 2.53. The molecule has 0 unspecified atom stereocenters. The first-order valence-corrected chi connectivity index (χ1v) is 27.6. The minimum Gasteiger partial charge on any atom is -0.0579 e. The van der Waals surface area contributed by atoms with Gasteiger partial charge in [0.05, 0.1) is 0 Å². The van der Waals surface area contributed by atoms with E-state index in [1.165, 1.54) is 5.56 Å². The Balaban J connectivity index is 0.989. The van der Waals surface area contributed by atoms with E-state index < -0.39 is 0 Å². The minimum absolute atomic E-state index is 0.0789. The molecule has 14 aromatic rings. The Bertz CT molecular complexity index is 4700. The van der Waals surface area contributed by atoms with Crippen LogP contribution in [0.25, 0.3) is 116 Å². The van der Waals surface area contributed by atoms with Crippen molar-refractivity contribution in [3.8, 4) is 67.5 Å². The number of fused-ring (bicyclic) bond motifs is 7. The zero-order chi connectivity index (χ0) is 52.6. The monoisotopic (exact) mass is 1190 g/mol. The summed E-state index contributed by atoms with van der Waals surface area (Å²) in [6, 6.07) is 84.0. The third kappa shape index (κ3) is 7.97. The molecular weight excluding hydrogens is 1140 g/mol. The van der Waals surface area contributed by atoms with Crippen LogP contribution in [0.3, 0.4) is 0 Å². The van der Waals surface area contributed by atoms with Crippen LogP contribution in [0.15, 0.2) is 247 Å². The van der Waals surface area contributed by atoms with E-state index in [0.717, 1.165) is 120 Å². The van der Waals surface area contributed by atoms with E-state index in [-0.39, 0.29) is 5.41 Å². The van der Waals surface area contributed by atoms with E-state index in [4.69, 9.17) is 14.1 Å². The number of imidazole rings is 1. The van der Waals surface area contributed by atoms with Gasteiger partial charge in [0, 0.05) is 11.8 Å². The summed E-state index contributed by atoms with van der Waals surface area (Å²) < 4.78 is 22.4. The number of nitrogens with zero attached hydrogens (tertiary/aromatic N) is 4. The minimum atomic E-state index is 0.0789. The van der Waals surface area contributed by atoms with Crippen LogP contribution in [0.2, 0.25) is 0 Å². The Morgan fingerprint density at radius 3 is 1.67 bits per heavy atom. The van der Waals surface area contributed by atoms with Crippen LogP contribution in [0.5, 0.6) is 11.5 Å². The van der Waals surface area contributed by atoms with Gasteiger partial charge in [0.25, 0.3) is 0 Å². The Kier molecular flexibility index (Phi) is 11.5. The quantitative estimate of drug-likeness (QED) is 0.152. The predicted molar refractivity (Wildman–Crippen MR) is 317 cm³/mol.